The molecule has 0 saturated carbocycles. The number of hydrogen-bond donors (Lipinski definition) is 0. The zero-order chi connectivity index (χ0) is 10.1. The lowest BCUT2D eigenvalue weighted by molar-refractivity contribution is -0.138. The van der Waals surface area contributed by atoms with Crippen LogP contribution in [0.1, 0.15) is 20.3 Å². The molecule has 3 heteroatoms. The maximum Gasteiger partial charge on any atom is 0.337 e. The molecule has 0 aliphatic heterocycles. The van der Waals surface area contributed by atoms with Crippen molar-refractivity contribution in [3.63, 3.8) is 0 Å². The van der Waals surface area contributed by atoms with Crippen LogP contribution in [0.5, 0.6) is 0 Å². The first-order valence-corrected chi connectivity index (χ1v) is 5.61. The predicted molar refractivity (Wildman–Crippen MR) is 57.7 cm³/mol. The fraction of sp³-hybridized carbons (Fsp3) is 0.500. The van der Waals surface area contributed by atoms with Gasteiger partial charge in [0.15, 0.2) is 0 Å². The zero-order valence-corrected chi connectivity index (χ0v) is 9.19. The van der Waals surface area contributed by atoms with Crippen molar-refractivity contribution in [2.45, 2.75) is 20.3 Å². The first-order chi connectivity index (χ1) is 6.26. The summed E-state index contributed by atoms with van der Waals surface area (Å²) in [5.41, 5.74) is 0.638. The van der Waals surface area contributed by atoms with Crippen LogP contribution in [0.4, 0.5) is 0 Å². The average Bonchev–Trinajstić information content (AvgIpc) is 2.12. The van der Waals surface area contributed by atoms with Crippen molar-refractivity contribution in [3.05, 3.63) is 23.1 Å². The van der Waals surface area contributed by atoms with Crippen LogP contribution in [-0.2, 0) is 9.53 Å². The van der Waals surface area contributed by atoms with Crippen LogP contribution < -0.4 is 0 Å². The normalized spacial score (nSPS) is 12.1. The lowest BCUT2D eigenvalue weighted by Gasteiger charge is -2.01. The number of carbonyl (C=O) groups excluding carboxylic acids is 1. The summed E-state index contributed by atoms with van der Waals surface area (Å²) in [6, 6.07) is 0. The molecule has 0 aromatic heterocycles. The Balaban J connectivity index is 4.33. The van der Waals surface area contributed by atoms with Gasteiger partial charge in [-0.25, -0.2) is 4.79 Å². The van der Waals surface area contributed by atoms with Gasteiger partial charge in [0.1, 0.15) is 0 Å². The van der Waals surface area contributed by atoms with E-state index in [0.717, 1.165) is 6.42 Å². The van der Waals surface area contributed by atoms with Gasteiger partial charge in [-0.05, 0) is 31.1 Å². The van der Waals surface area contributed by atoms with Crippen molar-refractivity contribution in [1.29, 1.82) is 0 Å². The summed E-state index contributed by atoms with van der Waals surface area (Å²) in [5, 5.41) is 1.87. The topological polar surface area (TPSA) is 26.3 Å². The number of ether oxygens (including phenoxy) is 1. The maximum atomic E-state index is 11.3. The molecule has 0 aromatic carbocycles. The highest BCUT2D eigenvalue weighted by Gasteiger charge is 2.04. The molecule has 0 aromatic rings. The highest BCUT2D eigenvalue weighted by Crippen LogP contribution is 2.05. The molecule has 0 heterocycles. The minimum atomic E-state index is -0.241. The Labute approximate surface area is 84.0 Å². The van der Waals surface area contributed by atoms with Gasteiger partial charge in [-0.15, -0.1) is 11.8 Å². The van der Waals surface area contributed by atoms with Gasteiger partial charge in [0.25, 0.3) is 0 Å². The fourth-order valence-electron chi connectivity index (χ4n) is 0.795. The molecular formula is C10H16O2S. The molecule has 0 fully saturated rings. The van der Waals surface area contributed by atoms with Crippen molar-refractivity contribution < 1.29 is 9.53 Å². The Morgan fingerprint density at radius 2 is 2.15 bits per heavy atom. The molecule has 0 N–H and O–H groups in total. The second-order valence-electron chi connectivity index (χ2n) is 2.33. The summed E-state index contributed by atoms with van der Waals surface area (Å²) in [6.07, 6.45) is 6.44. The van der Waals surface area contributed by atoms with E-state index in [1.165, 1.54) is 0 Å². The van der Waals surface area contributed by atoms with Gasteiger partial charge in [0, 0.05) is 0 Å². The number of hydrogen-bond acceptors (Lipinski definition) is 3. The number of esters is 1. The fourth-order valence-corrected chi connectivity index (χ4v) is 1.08. The first kappa shape index (κ1) is 12.3. The van der Waals surface area contributed by atoms with Gasteiger partial charge in [-0.3, -0.25) is 0 Å². The van der Waals surface area contributed by atoms with E-state index in [-0.39, 0.29) is 5.97 Å². The molecule has 74 valence electrons. The average molecular weight is 200 g/mol. The van der Waals surface area contributed by atoms with Gasteiger partial charge in [-0.1, -0.05) is 13.0 Å². The van der Waals surface area contributed by atoms with Gasteiger partial charge in [-0.2, -0.15) is 0 Å². The Bertz CT molecular complexity index is 207. The van der Waals surface area contributed by atoms with Gasteiger partial charge in [0.2, 0.25) is 0 Å². The van der Waals surface area contributed by atoms with Crippen LogP contribution in [0, 0.1) is 0 Å². The molecule has 0 bridgehead atoms. The van der Waals surface area contributed by atoms with Crippen LogP contribution in [0.3, 0.4) is 0 Å². The Kier molecular flexibility index (Phi) is 7.50. The van der Waals surface area contributed by atoms with Gasteiger partial charge >= 0.3 is 5.97 Å². The van der Waals surface area contributed by atoms with E-state index >= 15 is 0 Å². The molecule has 0 saturated heterocycles. The minimum Gasteiger partial charge on any atom is -0.462 e. The molecule has 2 nitrogen and oxygen atoms in total. The summed E-state index contributed by atoms with van der Waals surface area (Å²) in [6.45, 7) is 4.22. The molecule has 0 rings (SSSR count). The Hall–Kier alpha value is -0.700. The second-order valence-corrected chi connectivity index (χ2v) is 3.07. The van der Waals surface area contributed by atoms with Crippen molar-refractivity contribution in [3.8, 4) is 0 Å². The molecule has 0 aliphatic carbocycles. The quantitative estimate of drug-likeness (QED) is 0.388. The molecule has 0 amide bonds. The van der Waals surface area contributed by atoms with Crippen LogP contribution in [0.2, 0.25) is 0 Å². The van der Waals surface area contributed by atoms with Crippen LogP contribution in [0.25, 0.3) is 0 Å². The van der Waals surface area contributed by atoms with Crippen molar-refractivity contribution in [2.24, 2.45) is 0 Å². The smallest absolute Gasteiger partial charge is 0.337 e. The monoisotopic (exact) mass is 200 g/mol. The predicted octanol–water partition coefficient (Wildman–Crippen LogP) is 2.76. The van der Waals surface area contributed by atoms with Crippen molar-refractivity contribution in [2.75, 3.05) is 12.9 Å². The largest absolute Gasteiger partial charge is 0.462 e. The van der Waals surface area contributed by atoms with E-state index in [2.05, 4.69) is 0 Å². The summed E-state index contributed by atoms with van der Waals surface area (Å²) in [4.78, 5) is 11.3. The van der Waals surface area contributed by atoms with Crippen LogP contribution in [-0.4, -0.2) is 18.8 Å². The Morgan fingerprint density at radius 3 is 2.62 bits per heavy atom. The van der Waals surface area contributed by atoms with Crippen molar-refractivity contribution in [1.82, 2.24) is 0 Å². The van der Waals surface area contributed by atoms with Crippen LogP contribution in [0.15, 0.2) is 23.1 Å². The third-order valence-corrected chi connectivity index (χ3v) is 1.73. The van der Waals surface area contributed by atoms with Gasteiger partial charge < -0.3 is 4.74 Å². The Morgan fingerprint density at radius 1 is 1.46 bits per heavy atom. The minimum absolute atomic E-state index is 0.241. The second kappa shape index (κ2) is 7.92. The van der Waals surface area contributed by atoms with E-state index in [1.807, 2.05) is 24.7 Å². The highest BCUT2D eigenvalue weighted by atomic mass is 32.2. The number of thioether (sulfide) groups is 1. The lowest BCUT2D eigenvalue weighted by atomic mass is 10.2. The summed E-state index contributed by atoms with van der Waals surface area (Å²) >= 11 is 1.56. The standard InChI is InChI=1S/C10H16O2S/c1-4-6-9(7-8-13-3)10(11)12-5-2/h6-8H,4-5H2,1-3H3/b8-7+,9-6+. The van der Waals surface area contributed by atoms with E-state index < -0.39 is 0 Å². The third kappa shape index (κ3) is 5.53. The lowest BCUT2D eigenvalue weighted by Crippen LogP contribution is -2.05. The molecule has 0 radical (unpaired) electrons. The summed E-state index contributed by atoms with van der Waals surface area (Å²) in [5.74, 6) is -0.241. The van der Waals surface area contributed by atoms with Crippen molar-refractivity contribution >= 4 is 17.7 Å². The van der Waals surface area contributed by atoms with E-state index in [4.69, 9.17) is 4.74 Å². The van der Waals surface area contributed by atoms with Gasteiger partial charge in [0.05, 0.1) is 12.2 Å². The number of carbonyl (C=O) groups is 1. The summed E-state index contributed by atoms with van der Waals surface area (Å²) < 4.78 is 4.89. The SMILES string of the molecule is CC/C=C(\C=C\SC)C(=O)OCC. The molecule has 0 atom stereocenters. The third-order valence-electron chi connectivity index (χ3n) is 1.32. The van der Waals surface area contributed by atoms with E-state index in [9.17, 15) is 4.79 Å². The first-order valence-electron chi connectivity index (χ1n) is 4.32. The van der Waals surface area contributed by atoms with Crippen LogP contribution >= 0.6 is 11.8 Å². The summed E-state index contributed by atoms with van der Waals surface area (Å²) in [7, 11) is 0. The molecular weight excluding hydrogens is 184 g/mol. The van der Waals surface area contributed by atoms with E-state index in [1.54, 1.807) is 24.8 Å². The molecule has 0 spiro atoms. The molecule has 0 aliphatic rings. The maximum absolute atomic E-state index is 11.3. The molecule has 13 heavy (non-hydrogen) atoms. The van der Waals surface area contributed by atoms with E-state index in [0.29, 0.717) is 12.2 Å². The zero-order valence-electron chi connectivity index (χ0n) is 8.37. The number of allylic oxidation sites excluding steroid dienone is 1. The highest BCUT2D eigenvalue weighted by molar-refractivity contribution is 8.01. The molecule has 0 unspecified atom stereocenters. The number of rotatable bonds is 5.